The fourth-order valence-corrected chi connectivity index (χ4v) is 5.07. The van der Waals surface area contributed by atoms with Gasteiger partial charge in [-0.15, -0.1) is 0 Å². The predicted octanol–water partition coefficient (Wildman–Crippen LogP) is 4.34. The second kappa shape index (κ2) is 9.55. The smallest absolute Gasteiger partial charge is 0.335 e. The molecule has 0 aliphatic carbocycles. The standard InChI is InChI=1S/C22H25ClN2O3S/c1-14-12-25(13-15(2)29-14)20-8-7-18(23)11-19(20)21(26)24-10-9-16-3-5-17(6-4-16)22(27)28/h3-8,11,14-15H,9-10,12-13H2,1-2H3,(H,24,26)(H,27,28). The van der Waals surface area contributed by atoms with Crippen molar-refractivity contribution in [3.05, 3.63) is 64.2 Å². The van der Waals surface area contributed by atoms with Crippen molar-refractivity contribution < 1.29 is 14.7 Å². The molecule has 154 valence electrons. The molecule has 2 aromatic carbocycles. The summed E-state index contributed by atoms with van der Waals surface area (Å²) < 4.78 is 0. The van der Waals surface area contributed by atoms with Crippen LogP contribution in [0.4, 0.5) is 5.69 Å². The Morgan fingerprint density at radius 2 is 1.79 bits per heavy atom. The van der Waals surface area contributed by atoms with Gasteiger partial charge in [0, 0.05) is 40.8 Å². The summed E-state index contributed by atoms with van der Waals surface area (Å²) in [5.74, 6) is -1.10. The summed E-state index contributed by atoms with van der Waals surface area (Å²) in [6.07, 6.45) is 0.621. The molecule has 2 N–H and O–H groups in total. The van der Waals surface area contributed by atoms with Gasteiger partial charge in [0.1, 0.15) is 0 Å². The van der Waals surface area contributed by atoms with E-state index in [0.29, 0.717) is 34.1 Å². The first-order valence-corrected chi connectivity index (χ1v) is 11.0. The number of carbonyl (C=O) groups is 2. The number of anilines is 1. The van der Waals surface area contributed by atoms with E-state index in [1.165, 1.54) is 0 Å². The van der Waals surface area contributed by atoms with Crippen LogP contribution in [-0.4, -0.2) is 47.1 Å². The number of nitrogens with zero attached hydrogens (tertiary/aromatic N) is 1. The monoisotopic (exact) mass is 432 g/mol. The van der Waals surface area contributed by atoms with Crippen molar-refractivity contribution in [1.82, 2.24) is 5.32 Å². The van der Waals surface area contributed by atoms with Crippen LogP contribution in [0, 0.1) is 0 Å². The molecule has 2 unspecified atom stereocenters. The molecule has 1 aliphatic heterocycles. The topological polar surface area (TPSA) is 69.6 Å². The third kappa shape index (κ3) is 5.67. The van der Waals surface area contributed by atoms with Crippen molar-refractivity contribution in [2.24, 2.45) is 0 Å². The van der Waals surface area contributed by atoms with E-state index in [1.54, 1.807) is 30.3 Å². The Morgan fingerprint density at radius 3 is 2.41 bits per heavy atom. The number of benzene rings is 2. The maximum absolute atomic E-state index is 12.9. The predicted molar refractivity (Wildman–Crippen MR) is 120 cm³/mol. The van der Waals surface area contributed by atoms with Gasteiger partial charge >= 0.3 is 5.97 Å². The lowest BCUT2D eigenvalue weighted by molar-refractivity contribution is 0.0696. The van der Waals surface area contributed by atoms with Crippen LogP contribution in [-0.2, 0) is 6.42 Å². The molecule has 0 saturated carbocycles. The zero-order valence-corrected chi connectivity index (χ0v) is 18.1. The van der Waals surface area contributed by atoms with Gasteiger partial charge in [-0.1, -0.05) is 37.6 Å². The summed E-state index contributed by atoms with van der Waals surface area (Å²) in [6, 6.07) is 12.2. The van der Waals surface area contributed by atoms with Crippen LogP contribution in [0.15, 0.2) is 42.5 Å². The molecule has 0 radical (unpaired) electrons. The fourth-order valence-electron chi connectivity index (χ4n) is 3.57. The highest BCUT2D eigenvalue weighted by molar-refractivity contribution is 8.00. The number of thioether (sulfide) groups is 1. The molecule has 2 aromatic rings. The van der Waals surface area contributed by atoms with E-state index in [9.17, 15) is 9.59 Å². The molecule has 7 heteroatoms. The molecule has 1 heterocycles. The molecule has 0 bridgehead atoms. The van der Waals surface area contributed by atoms with E-state index >= 15 is 0 Å². The van der Waals surface area contributed by atoms with Crippen LogP contribution >= 0.6 is 23.4 Å². The van der Waals surface area contributed by atoms with Crippen LogP contribution in [0.2, 0.25) is 5.02 Å². The minimum absolute atomic E-state index is 0.150. The molecular formula is C22H25ClN2O3S. The lowest BCUT2D eigenvalue weighted by Crippen LogP contribution is -2.41. The minimum atomic E-state index is -0.946. The SMILES string of the molecule is CC1CN(c2ccc(Cl)cc2C(=O)NCCc2ccc(C(=O)O)cc2)CC(C)S1. The second-order valence-electron chi connectivity index (χ2n) is 7.33. The summed E-state index contributed by atoms with van der Waals surface area (Å²) in [5, 5.41) is 13.5. The van der Waals surface area contributed by atoms with Crippen molar-refractivity contribution in [1.29, 1.82) is 0 Å². The first kappa shape index (κ1) is 21.5. The second-order valence-corrected chi connectivity index (χ2v) is 9.65. The molecule has 5 nitrogen and oxygen atoms in total. The van der Waals surface area contributed by atoms with E-state index in [-0.39, 0.29) is 11.5 Å². The lowest BCUT2D eigenvalue weighted by atomic mass is 10.1. The Morgan fingerprint density at radius 1 is 1.14 bits per heavy atom. The van der Waals surface area contributed by atoms with Gasteiger partial charge in [-0.05, 0) is 42.3 Å². The average molecular weight is 433 g/mol. The molecule has 0 spiro atoms. The van der Waals surface area contributed by atoms with E-state index in [1.807, 2.05) is 23.9 Å². The van der Waals surface area contributed by atoms with Crippen LogP contribution in [0.1, 0.15) is 40.1 Å². The fraction of sp³-hybridized carbons (Fsp3) is 0.364. The third-order valence-corrected chi connectivity index (χ3v) is 6.33. The Balaban J connectivity index is 1.67. The number of rotatable bonds is 6. The van der Waals surface area contributed by atoms with Gasteiger partial charge in [0.15, 0.2) is 0 Å². The van der Waals surface area contributed by atoms with Crippen molar-refractivity contribution >= 4 is 40.9 Å². The molecule has 1 fully saturated rings. The highest BCUT2D eigenvalue weighted by Crippen LogP contribution is 2.31. The summed E-state index contributed by atoms with van der Waals surface area (Å²) in [4.78, 5) is 26.1. The largest absolute Gasteiger partial charge is 0.478 e. The summed E-state index contributed by atoms with van der Waals surface area (Å²) in [7, 11) is 0. The molecule has 1 amide bonds. The molecule has 2 atom stereocenters. The zero-order chi connectivity index (χ0) is 21.0. The normalized spacial score (nSPS) is 19.1. The van der Waals surface area contributed by atoms with Crippen LogP contribution in [0.25, 0.3) is 0 Å². The number of amides is 1. The Kier molecular flexibility index (Phi) is 7.09. The number of hydrogen-bond donors (Lipinski definition) is 2. The number of nitrogens with one attached hydrogen (secondary N) is 1. The Labute approximate surface area is 180 Å². The van der Waals surface area contributed by atoms with Gasteiger partial charge in [-0.3, -0.25) is 4.79 Å². The maximum Gasteiger partial charge on any atom is 0.335 e. The van der Waals surface area contributed by atoms with E-state index in [4.69, 9.17) is 16.7 Å². The molecule has 1 saturated heterocycles. The van der Waals surface area contributed by atoms with Crippen molar-refractivity contribution in [2.45, 2.75) is 30.8 Å². The van der Waals surface area contributed by atoms with Gasteiger partial charge in [0.05, 0.1) is 11.1 Å². The van der Waals surface area contributed by atoms with E-state index < -0.39 is 5.97 Å². The first-order chi connectivity index (χ1) is 13.8. The number of hydrogen-bond acceptors (Lipinski definition) is 4. The van der Waals surface area contributed by atoms with Gasteiger partial charge < -0.3 is 15.3 Å². The highest BCUT2D eigenvalue weighted by Gasteiger charge is 2.25. The van der Waals surface area contributed by atoms with Gasteiger partial charge in [0.2, 0.25) is 0 Å². The summed E-state index contributed by atoms with van der Waals surface area (Å²) >= 11 is 8.14. The van der Waals surface area contributed by atoms with Crippen molar-refractivity contribution in [2.75, 3.05) is 24.5 Å². The Hall–Kier alpha value is -2.18. The average Bonchev–Trinajstić information content (AvgIpc) is 2.67. The molecule has 3 rings (SSSR count). The van der Waals surface area contributed by atoms with Crippen LogP contribution < -0.4 is 10.2 Å². The zero-order valence-electron chi connectivity index (χ0n) is 16.5. The van der Waals surface area contributed by atoms with Crippen molar-refractivity contribution in [3.63, 3.8) is 0 Å². The summed E-state index contributed by atoms with van der Waals surface area (Å²) in [6.45, 7) is 6.66. The molecule has 29 heavy (non-hydrogen) atoms. The lowest BCUT2D eigenvalue weighted by Gasteiger charge is -2.37. The minimum Gasteiger partial charge on any atom is -0.478 e. The van der Waals surface area contributed by atoms with Gasteiger partial charge in [0.25, 0.3) is 5.91 Å². The number of halogens is 1. The highest BCUT2D eigenvalue weighted by atomic mass is 35.5. The van der Waals surface area contributed by atoms with Crippen LogP contribution in [0.5, 0.6) is 0 Å². The first-order valence-electron chi connectivity index (χ1n) is 9.64. The molecular weight excluding hydrogens is 408 g/mol. The third-order valence-electron chi connectivity index (χ3n) is 4.86. The molecule has 1 aliphatic rings. The maximum atomic E-state index is 12.9. The Bertz CT molecular complexity index is 878. The number of carboxylic acids is 1. The number of carbonyl (C=O) groups excluding carboxylic acids is 1. The summed E-state index contributed by atoms with van der Waals surface area (Å²) in [5.41, 5.74) is 2.73. The molecule has 0 aromatic heterocycles. The quantitative estimate of drug-likeness (QED) is 0.710. The van der Waals surface area contributed by atoms with Gasteiger partial charge in [-0.25, -0.2) is 4.79 Å². The number of aromatic carboxylic acids is 1. The van der Waals surface area contributed by atoms with Crippen LogP contribution in [0.3, 0.4) is 0 Å². The van der Waals surface area contributed by atoms with Gasteiger partial charge in [-0.2, -0.15) is 11.8 Å². The van der Waals surface area contributed by atoms with E-state index in [0.717, 1.165) is 24.3 Å². The number of carboxylic acid groups (broad SMARTS) is 1. The van der Waals surface area contributed by atoms with E-state index in [2.05, 4.69) is 24.1 Å². The van der Waals surface area contributed by atoms with Crippen molar-refractivity contribution in [3.8, 4) is 0 Å².